The Hall–Kier alpha value is -2.65. The first kappa shape index (κ1) is 19.1. The summed E-state index contributed by atoms with van der Waals surface area (Å²) in [5.41, 5.74) is 2.02. The van der Waals surface area contributed by atoms with Gasteiger partial charge in [-0.1, -0.05) is 66.7 Å². The molecule has 0 saturated heterocycles. The van der Waals surface area contributed by atoms with Crippen molar-refractivity contribution in [3.05, 3.63) is 83.4 Å². The zero-order valence-electron chi connectivity index (χ0n) is 16.4. The third-order valence-electron chi connectivity index (χ3n) is 4.93. The van der Waals surface area contributed by atoms with Gasteiger partial charge in [-0.25, -0.2) is 0 Å². The van der Waals surface area contributed by atoms with Gasteiger partial charge >= 0.3 is 0 Å². The molecule has 0 radical (unpaired) electrons. The summed E-state index contributed by atoms with van der Waals surface area (Å²) in [6.07, 6.45) is -0.851. The second kappa shape index (κ2) is 7.93. The maximum Gasteiger partial charge on any atom is 0.255 e. The van der Waals surface area contributed by atoms with Crippen LogP contribution in [-0.4, -0.2) is 28.0 Å². The molecule has 3 nitrogen and oxygen atoms in total. The van der Waals surface area contributed by atoms with Crippen LogP contribution in [0.15, 0.2) is 66.7 Å². The quantitative estimate of drug-likeness (QED) is 0.680. The molecule has 0 aliphatic heterocycles. The molecule has 0 unspecified atom stereocenters. The number of hydrogen-bond acceptors (Lipinski definition) is 2. The molecule has 3 rings (SSSR count). The van der Waals surface area contributed by atoms with Crippen LogP contribution < -0.4 is 0 Å². The molecule has 27 heavy (non-hydrogen) atoms. The largest absolute Gasteiger partial charge is 0.384 e. The number of aliphatic hydroxyl groups excluding tert-OH is 1. The van der Waals surface area contributed by atoms with E-state index in [9.17, 15) is 9.90 Å². The summed E-state index contributed by atoms with van der Waals surface area (Å²) in [6.45, 7) is 8.10. The van der Waals surface area contributed by atoms with E-state index in [0.29, 0.717) is 11.1 Å². The van der Waals surface area contributed by atoms with Crippen LogP contribution in [0.4, 0.5) is 0 Å². The van der Waals surface area contributed by atoms with Gasteiger partial charge in [0.15, 0.2) is 0 Å². The number of hydrogen-bond donors (Lipinski definition) is 1. The summed E-state index contributed by atoms with van der Waals surface area (Å²) in [5, 5.41) is 12.9. The lowest BCUT2D eigenvalue weighted by atomic mass is 9.91. The standard InChI is InChI=1S/C24H27NO2/c1-16(2)25(17(3)4)24(27)22-20-13-9-8-10-18(20)14-15-21(22)23(26)19-11-6-5-7-12-19/h5-17,23,26H,1-4H3/t23-/m1/s1. The maximum absolute atomic E-state index is 13.6. The zero-order chi connectivity index (χ0) is 19.6. The Morgan fingerprint density at radius 1 is 0.815 bits per heavy atom. The Morgan fingerprint density at radius 2 is 1.41 bits per heavy atom. The molecule has 0 aliphatic carbocycles. The summed E-state index contributed by atoms with van der Waals surface area (Å²) in [6, 6.07) is 21.3. The van der Waals surface area contributed by atoms with Crippen molar-refractivity contribution >= 4 is 16.7 Å². The van der Waals surface area contributed by atoms with E-state index in [1.807, 2.05) is 99.3 Å². The van der Waals surface area contributed by atoms with E-state index in [1.165, 1.54) is 0 Å². The van der Waals surface area contributed by atoms with Crippen LogP contribution in [0.1, 0.15) is 55.3 Å². The topological polar surface area (TPSA) is 40.5 Å². The summed E-state index contributed by atoms with van der Waals surface area (Å²) < 4.78 is 0. The molecule has 0 aliphatic rings. The molecule has 3 aromatic carbocycles. The van der Waals surface area contributed by atoms with Crippen LogP contribution >= 0.6 is 0 Å². The van der Waals surface area contributed by atoms with E-state index in [1.54, 1.807) is 0 Å². The van der Waals surface area contributed by atoms with Crippen LogP contribution in [0.5, 0.6) is 0 Å². The van der Waals surface area contributed by atoms with Gasteiger partial charge in [-0.3, -0.25) is 4.79 Å². The first-order valence-corrected chi connectivity index (χ1v) is 9.49. The Kier molecular flexibility index (Phi) is 5.62. The summed E-state index contributed by atoms with van der Waals surface area (Å²) in [7, 11) is 0. The average Bonchev–Trinajstić information content (AvgIpc) is 2.66. The lowest BCUT2D eigenvalue weighted by Gasteiger charge is -2.32. The molecule has 1 amide bonds. The highest BCUT2D eigenvalue weighted by Crippen LogP contribution is 2.32. The molecule has 3 aromatic rings. The molecule has 140 valence electrons. The van der Waals surface area contributed by atoms with Crippen molar-refractivity contribution in [2.45, 2.75) is 45.9 Å². The minimum absolute atomic E-state index is 0.0400. The molecule has 0 spiro atoms. The minimum Gasteiger partial charge on any atom is -0.384 e. The number of carbonyl (C=O) groups is 1. The first-order chi connectivity index (χ1) is 12.9. The molecular weight excluding hydrogens is 334 g/mol. The monoisotopic (exact) mass is 361 g/mol. The highest BCUT2D eigenvalue weighted by atomic mass is 16.3. The highest BCUT2D eigenvalue weighted by Gasteiger charge is 2.28. The van der Waals surface area contributed by atoms with Crippen LogP contribution in [0, 0.1) is 0 Å². The summed E-state index contributed by atoms with van der Waals surface area (Å²) >= 11 is 0. The summed E-state index contributed by atoms with van der Waals surface area (Å²) in [5.74, 6) is -0.0400. The van der Waals surface area contributed by atoms with Gasteiger partial charge in [0.1, 0.15) is 6.10 Å². The van der Waals surface area contributed by atoms with Crippen LogP contribution in [0.2, 0.25) is 0 Å². The molecule has 0 saturated carbocycles. The molecular formula is C24H27NO2. The maximum atomic E-state index is 13.6. The smallest absolute Gasteiger partial charge is 0.255 e. The molecule has 1 atom stereocenters. The Morgan fingerprint density at radius 3 is 2.04 bits per heavy atom. The van der Waals surface area contributed by atoms with Crippen molar-refractivity contribution in [1.82, 2.24) is 4.90 Å². The van der Waals surface area contributed by atoms with Gasteiger partial charge in [0.2, 0.25) is 0 Å². The van der Waals surface area contributed by atoms with Crippen LogP contribution in [-0.2, 0) is 0 Å². The SMILES string of the molecule is CC(C)N(C(=O)c1c([C@H](O)c2ccccc2)ccc2ccccc12)C(C)C. The Labute approximate surface area is 161 Å². The fourth-order valence-corrected chi connectivity index (χ4v) is 3.76. The van der Waals surface area contributed by atoms with Crippen LogP contribution in [0.3, 0.4) is 0 Å². The number of fused-ring (bicyclic) bond motifs is 1. The van der Waals surface area contributed by atoms with Crippen LogP contribution in [0.25, 0.3) is 10.8 Å². The molecule has 0 aromatic heterocycles. The highest BCUT2D eigenvalue weighted by molar-refractivity contribution is 6.08. The number of rotatable bonds is 5. The normalized spacial score (nSPS) is 12.6. The molecule has 3 heteroatoms. The number of carbonyl (C=O) groups excluding carboxylic acids is 1. The van der Waals surface area contributed by atoms with Gasteiger partial charge in [-0.05, 0) is 49.6 Å². The fourth-order valence-electron chi connectivity index (χ4n) is 3.76. The van der Waals surface area contributed by atoms with E-state index in [0.717, 1.165) is 16.3 Å². The Balaban J connectivity index is 2.23. The van der Waals surface area contributed by atoms with Gasteiger partial charge in [0.25, 0.3) is 5.91 Å². The van der Waals surface area contributed by atoms with Gasteiger partial charge < -0.3 is 10.0 Å². The number of amides is 1. The Bertz CT molecular complexity index is 924. The van der Waals surface area contributed by atoms with E-state index in [2.05, 4.69) is 0 Å². The molecule has 0 fully saturated rings. The lowest BCUT2D eigenvalue weighted by Crippen LogP contribution is -2.42. The van der Waals surface area contributed by atoms with Crippen molar-refractivity contribution in [2.75, 3.05) is 0 Å². The van der Waals surface area contributed by atoms with E-state index >= 15 is 0 Å². The van der Waals surface area contributed by atoms with E-state index in [4.69, 9.17) is 0 Å². The van der Waals surface area contributed by atoms with Crippen molar-refractivity contribution < 1.29 is 9.90 Å². The third-order valence-corrected chi connectivity index (χ3v) is 4.93. The van der Waals surface area contributed by atoms with Gasteiger partial charge in [0, 0.05) is 12.1 Å². The molecule has 0 heterocycles. The van der Waals surface area contributed by atoms with Gasteiger partial charge in [0.05, 0.1) is 5.56 Å². The first-order valence-electron chi connectivity index (χ1n) is 9.49. The summed E-state index contributed by atoms with van der Waals surface area (Å²) in [4.78, 5) is 15.5. The van der Waals surface area contributed by atoms with Crippen molar-refractivity contribution in [2.24, 2.45) is 0 Å². The average molecular weight is 361 g/mol. The number of benzene rings is 3. The predicted molar refractivity (Wildman–Crippen MR) is 111 cm³/mol. The second-order valence-corrected chi connectivity index (χ2v) is 7.46. The van der Waals surface area contributed by atoms with E-state index < -0.39 is 6.10 Å². The number of aliphatic hydroxyl groups is 1. The second-order valence-electron chi connectivity index (χ2n) is 7.46. The zero-order valence-corrected chi connectivity index (χ0v) is 16.4. The van der Waals surface area contributed by atoms with Gasteiger partial charge in [-0.15, -0.1) is 0 Å². The molecule has 0 bridgehead atoms. The van der Waals surface area contributed by atoms with E-state index in [-0.39, 0.29) is 18.0 Å². The molecule has 1 N–H and O–H groups in total. The van der Waals surface area contributed by atoms with Gasteiger partial charge in [-0.2, -0.15) is 0 Å². The predicted octanol–water partition coefficient (Wildman–Crippen LogP) is 5.18. The minimum atomic E-state index is -0.851. The van der Waals surface area contributed by atoms with Crippen molar-refractivity contribution in [1.29, 1.82) is 0 Å². The van der Waals surface area contributed by atoms with Crippen molar-refractivity contribution in [3.63, 3.8) is 0 Å². The van der Waals surface area contributed by atoms with Crippen molar-refractivity contribution in [3.8, 4) is 0 Å². The number of nitrogens with zero attached hydrogens (tertiary/aromatic N) is 1. The third kappa shape index (κ3) is 3.74. The fraction of sp³-hybridized carbons (Fsp3) is 0.292. The lowest BCUT2D eigenvalue weighted by molar-refractivity contribution is 0.0641.